The third-order valence-corrected chi connectivity index (χ3v) is 5.75. The molecule has 0 saturated carbocycles. The van der Waals surface area contributed by atoms with Gasteiger partial charge < -0.3 is 14.4 Å². The maximum atomic E-state index is 12.4. The topological polar surface area (TPSA) is 82.7 Å². The quantitative estimate of drug-likeness (QED) is 0.900. The first-order valence-electron chi connectivity index (χ1n) is 9.12. The fraction of sp³-hybridized carbons (Fsp3) is 0.526. The van der Waals surface area contributed by atoms with Crippen molar-refractivity contribution in [1.82, 2.24) is 14.9 Å². The van der Waals surface area contributed by atoms with Crippen LogP contribution in [0.4, 0.5) is 5.82 Å². The van der Waals surface area contributed by atoms with Crippen LogP contribution in [-0.2, 0) is 11.3 Å². The predicted molar refractivity (Wildman–Crippen MR) is 95.8 cm³/mol. The predicted octanol–water partition coefficient (Wildman–Crippen LogP) is 2.32. The summed E-state index contributed by atoms with van der Waals surface area (Å²) in [5.74, 6) is 1.83. The van der Waals surface area contributed by atoms with E-state index in [0.717, 1.165) is 43.3 Å². The third-order valence-electron chi connectivity index (χ3n) is 5.75. The van der Waals surface area contributed by atoms with Gasteiger partial charge in [0.25, 0.3) is 0 Å². The fourth-order valence-corrected chi connectivity index (χ4v) is 4.54. The second-order valence-electron chi connectivity index (χ2n) is 7.34. The van der Waals surface area contributed by atoms with Crippen LogP contribution in [0.1, 0.15) is 30.8 Å². The van der Waals surface area contributed by atoms with Crippen LogP contribution in [0.15, 0.2) is 35.1 Å². The van der Waals surface area contributed by atoms with Crippen LogP contribution in [0.25, 0.3) is 0 Å². The molecule has 4 heterocycles. The Bertz CT molecular complexity index is 778. The van der Waals surface area contributed by atoms with E-state index in [1.807, 2.05) is 19.1 Å². The Labute approximate surface area is 152 Å². The Hall–Kier alpha value is -2.41. The number of carboxylic acid groups (broad SMARTS) is 1. The molecule has 2 aromatic heterocycles. The number of nitrogens with zero attached hydrogens (tertiary/aromatic N) is 4. The minimum atomic E-state index is -0.782. The zero-order valence-corrected chi connectivity index (χ0v) is 15.0. The van der Waals surface area contributed by atoms with Gasteiger partial charge in [-0.3, -0.25) is 14.7 Å². The first-order chi connectivity index (χ1) is 12.6. The molecule has 7 nitrogen and oxygen atoms in total. The highest BCUT2D eigenvalue weighted by Gasteiger charge is 2.53. The molecule has 0 radical (unpaired) electrons. The highest BCUT2D eigenvalue weighted by atomic mass is 16.4. The summed E-state index contributed by atoms with van der Waals surface area (Å²) < 4.78 is 5.73. The van der Waals surface area contributed by atoms with E-state index in [2.05, 4.69) is 19.8 Å². The summed E-state index contributed by atoms with van der Waals surface area (Å²) in [6.45, 7) is 4.76. The lowest BCUT2D eigenvalue weighted by Gasteiger charge is -2.52. The number of aromatic nitrogens is 2. The molecule has 0 unspecified atom stereocenters. The van der Waals surface area contributed by atoms with E-state index in [0.29, 0.717) is 19.5 Å². The van der Waals surface area contributed by atoms with E-state index >= 15 is 0 Å². The summed E-state index contributed by atoms with van der Waals surface area (Å²) in [6, 6.07) is 3.95. The van der Waals surface area contributed by atoms with Crippen LogP contribution in [0.3, 0.4) is 0 Å². The van der Waals surface area contributed by atoms with Gasteiger partial charge in [-0.1, -0.05) is 0 Å². The Morgan fingerprint density at radius 1 is 1.38 bits per heavy atom. The minimum Gasteiger partial charge on any atom is -0.481 e. The summed E-state index contributed by atoms with van der Waals surface area (Å²) in [5, 5.41) is 10.2. The van der Waals surface area contributed by atoms with Crippen LogP contribution in [0.5, 0.6) is 0 Å². The van der Waals surface area contributed by atoms with E-state index in [1.165, 1.54) is 0 Å². The van der Waals surface area contributed by atoms with Crippen LogP contribution in [0, 0.1) is 12.3 Å². The van der Waals surface area contributed by atoms with E-state index < -0.39 is 11.4 Å². The van der Waals surface area contributed by atoms with E-state index in [4.69, 9.17) is 4.42 Å². The van der Waals surface area contributed by atoms with Crippen molar-refractivity contribution in [3.8, 4) is 0 Å². The van der Waals surface area contributed by atoms with Crippen molar-refractivity contribution in [2.75, 3.05) is 24.5 Å². The highest BCUT2D eigenvalue weighted by molar-refractivity contribution is 5.77. The molecule has 26 heavy (non-hydrogen) atoms. The number of hydrogen-bond donors (Lipinski definition) is 1. The van der Waals surface area contributed by atoms with Gasteiger partial charge in [0.2, 0.25) is 0 Å². The monoisotopic (exact) mass is 356 g/mol. The van der Waals surface area contributed by atoms with E-state index in [9.17, 15) is 9.90 Å². The van der Waals surface area contributed by atoms with Gasteiger partial charge in [0.05, 0.1) is 12.7 Å². The molecule has 1 N–H and O–H groups in total. The molecule has 138 valence electrons. The smallest absolute Gasteiger partial charge is 0.313 e. The summed E-state index contributed by atoms with van der Waals surface area (Å²) in [6.07, 6.45) is 7.36. The number of likely N-dealkylation sites (tertiary alicyclic amines) is 1. The number of hydrogen-bond acceptors (Lipinski definition) is 6. The molecule has 2 saturated heterocycles. The molecule has 0 amide bonds. The first kappa shape index (κ1) is 17.0. The van der Waals surface area contributed by atoms with Gasteiger partial charge in [-0.25, -0.2) is 4.98 Å². The summed E-state index contributed by atoms with van der Waals surface area (Å²) >= 11 is 0. The molecule has 0 aromatic carbocycles. The summed E-state index contributed by atoms with van der Waals surface area (Å²) in [7, 11) is 0. The van der Waals surface area contributed by atoms with Crippen LogP contribution < -0.4 is 4.90 Å². The number of fused-ring (bicyclic) bond motifs is 1. The normalized spacial score (nSPS) is 26.5. The number of aryl methyl sites for hydroxylation is 1. The van der Waals surface area contributed by atoms with Crippen LogP contribution in [-0.4, -0.2) is 51.6 Å². The molecule has 2 aliphatic rings. The lowest BCUT2D eigenvalue weighted by Crippen LogP contribution is -2.64. The van der Waals surface area contributed by atoms with Crippen LogP contribution >= 0.6 is 0 Å². The number of anilines is 1. The SMILES string of the molecule is Cc1ccc(CN2CCC[C@]3(C(=O)O)CN(c4cnccn4)CC[C@@H]23)o1. The Kier molecular flexibility index (Phi) is 4.40. The number of piperidine rings is 2. The molecule has 0 aliphatic carbocycles. The number of carboxylic acids is 1. The van der Waals surface area contributed by atoms with Gasteiger partial charge in [-0.15, -0.1) is 0 Å². The first-order valence-corrected chi connectivity index (χ1v) is 9.12. The molecule has 2 aromatic rings. The Morgan fingerprint density at radius 3 is 2.96 bits per heavy atom. The largest absolute Gasteiger partial charge is 0.481 e. The summed E-state index contributed by atoms with van der Waals surface area (Å²) in [5.41, 5.74) is -0.782. The van der Waals surface area contributed by atoms with Gasteiger partial charge in [0.15, 0.2) is 0 Å². The average molecular weight is 356 g/mol. The van der Waals surface area contributed by atoms with Gasteiger partial charge in [-0.05, 0) is 44.9 Å². The van der Waals surface area contributed by atoms with Crippen molar-refractivity contribution >= 4 is 11.8 Å². The van der Waals surface area contributed by atoms with Crippen molar-refractivity contribution in [2.24, 2.45) is 5.41 Å². The van der Waals surface area contributed by atoms with Gasteiger partial charge in [0.1, 0.15) is 22.8 Å². The molecule has 2 aliphatic heterocycles. The van der Waals surface area contributed by atoms with Gasteiger partial charge >= 0.3 is 5.97 Å². The third kappa shape index (κ3) is 2.96. The van der Waals surface area contributed by atoms with Crippen molar-refractivity contribution in [3.63, 3.8) is 0 Å². The van der Waals surface area contributed by atoms with Crippen molar-refractivity contribution < 1.29 is 14.3 Å². The average Bonchev–Trinajstić information content (AvgIpc) is 3.07. The molecule has 2 fully saturated rings. The minimum absolute atomic E-state index is 0.00655. The molecule has 7 heteroatoms. The molecule has 2 atom stereocenters. The second-order valence-corrected chi connectivity index (χ2v) is 7.34. The zero-order valence-electron chi connectivity index (χ0n) is 15.0. The number of furan rings is 1. The molecule has 0 bridgehead atoms. The fourth-order valence-electron chi connectivity index (χ4n) is 4.54. The Balaban J connectivity index is 1.59. The maximum Gasteiger partial charge on any atom is 0.313 e. The molecule has 0 spiro atoms. The van der Waals surface area contributed by atoms with Crippen LogP contribution in [0.2, 0.25) is 0 Å². The molecular formula is C19H24N4O3. The summed E-state index contributed by atoms with van der Waals surface area (Å²) in [4.78, 5) is 25.2. The van der Waals surface area contributed by atoms with Crippen molar-refractivity contribution in [3.05, 3.63) is 42.2 Å². The van der Waals surface area contributed by atoms with Gasteiger partial charge in [-0.2, -0.15) is 0 Å². The van der Waals surface area contributed by atoms with E-state index in [-0.39, 0.29) is 6.04 Å². The zero-order chi connectivity index (χ0) is 18.1. The van der Waals surface area contributed by atoms with Crippen molar-refractivity contribution in [2.45, 2.75) is 38.8 Å². The maximum absolute atomic E-state index is 12.4. The molecular weight excluding hydrogens is 332 g/mol. The molecule has 4 rings (SSSR count). The lowest BCUT2D eigenvalue weighted by atomic mass is 9.69. The second kappa shape index (κ2) is 6.72. The van der Waals surface area contributed by atoms with Gasteiger partial charge in [0, 0.05) is 31.5 Å². The van der Waals surface area contributed by atoms with E-state index in [1.54, 1.807) is 18.6 Å². The standard InChI is InChI=1S/C19H24N4O3/c1-14-3-4-15(26-14)12-22-9-2-6-19(18(24)25)13-23(10-5-16(19)22)17-11-20-7-8-21-17/h3-4,7-8,11,16H,2,5-6,9-10,12-13H2,1H3,(H,24,25)/t16-,19+/m1/s1. The lowest BCUT2D eigenvalue weighted by molar-refractivity contribution is -0.158. The number of carbonyl (C=O) groups is 1. The number of aliphatic carboxylic acids is 1. The Morgan fingerprint density at radius 2 is 2.27 bits per heavy atom. The van der Waals surface area contributed by atoms with Crippen molar-refractivity contribution in [1.29, 1.82) is 0 Å². The highest BCUT2D eigenvalue weighted by Crippen LogP contribution is 2.43. The number of rotatable bonds is 4.